The van der Waals surface area contributed by atoms with E-state index in [-0.39, 0.29) is 5.41 Å². The van der Waals surface area contributed by atoms with Gasteiger partial charge in [-0.1, -0.05) is 25.9 Å². The largest absolute Gasteiger partial charge is 0.496 e. The number of thioether (sulfide) groups is 1. The van der Waals surface area contributed by atoms with E-state index in [0.717, 1.165) is 17.1 Å². The molecule has 0 aliphatic carbocycles. The number of aromatic nitrogens is 2. The molecule has 0 aliphatic heterocycles. The molecule has 0 spiro atoms. The lowest BCUT2D eigenvalue weighted by atomic mass is 9.83. The second-order valence-corrected chi connectivity index (χ2v) is 7.52. The molecule has 0 saturated heterocycles. The molecule has 1 heterocycles. The molecule has 0 saturated carbocycles. The monoisotopic (exact) mass is 350 g/mol. The summed E-state index contributed by atoms with van der Waals surface area (Å²) in [5, 5.41) is 4.03. The van der Waals surface area contributed by atoms with Gasteiger partial charge in [0.25, 0.3) is 5.89 Å². The Morgan fingerprint density at radius 3 is 2.54 bits per heavy atom. The minimum atomic E-state index is 0.0188. The van der Waals surface area contributed by atoms with Crippen molar-refractivity contribution in [1.82, 2.24) is 10.1 Å². The number of hydrogen-bond acceptors (Lipinski definition) is 6. The van der Waals surface area contributed by atoms with Gasteiger partial charge < -0.3 is 14.0 Å². The molecule has 6 heteroatoms. The molecule has 2 aromatic rings. The molecule has 24 heavy (non-hydrogen) atoms. The zero-order valence-electron chi connectivity index (χ0n) is 15.3. The third kappa shape index (κ3) is 4.30. The van der Waals surface area contributed by atoms with Gasteiger partial charge in [-0.15, -0.1) is 0 Å². The van der Waals surface area contributed by atoms with Gasteiger partial charge in [-0.2, -0.15) is 16.7 Å². The highest BCUT2D eigenvalue weighted by Gasteiger charge is 2.23. The van der Waals surface area contributed by atoms with Crippen LogP contribution in [0.15, 0.2) is 16.7 Å². The van der Waals surface area contributed by atoms with Gasteiger partial charge in [-0.25, -0.2) is 0 Å². The second kappa shape index (κ2) is 8.03. The van der Waals surface area contributed by atoms with Crippen molar-refractivity contribution in [2.75, 3.05) is 27.1 Å². The van der Waals surface area contributed by atoms with Crippen LogP contribution in [0.3, 0.4) is 0 Å². The molecule has 0 N–H and O–H groups in total. The van der Waals surface area contributed by atoms with E-state index in [2.05, 4.69) is 49.3 Å². The molecule has 1 aromatic carbocycles. The Hall–Kier alpha value is -1.53. The maximum absolute atomic E-state index is 5.58. The average Bonchev–Trinajstić information content (AvgIpc) is 3.00. The van der Waals surface area contributed by atoms with Gasteiger partial charge in [0.2, 0.25) is 0 Å². The molecule has 0 bridgehead atoms. The Labute approximate surface area is 148 Å². The van der Waals surface area contributed by atoms with Crippen molar-refractivity contribution in [3.8, 4) is 17.2 Å². The number of benzene rings is 1. The highest BCUT2D eigenvalue weighted by atomic mass is 32.2. The smallest absolute Gasteiger partial charge is 0.261 e. The molecular weight excluding hydrogens is 324 g/mol. The normalized spacial score (nSPS) is 11.8. The Morgan fingerprint density at radius 1 is 1.21 bits per heavy atom. The SMILES string of the molecule is COCCc1noc(-c2cc(C(C)(C)C)c(CSC)cc2OC)n1. The lowest BCUT2D eigenvalue weighted by Gasteiger charge is -2.24. The molecule has 5 nitrogen and oxygen atoms in total. The van der Waals surface area contributed by atoms with Crippen molar-refractivity contribution in [2.45, 2.75) is 38.4 Å². The molecule has 1 aromatic heterocycles. The van der Waals surface area contributed by atoms with Crippen LogP contribution in [-0.4, -0.2) is 37.2 Å². The third-order valence-corrected chi connectivity index (χ3v) is 4.36. The molecule has 0 radical (unpaired) electrons. The topological polar surface area (TPSA) is 57.4 Å². The average molecular weight is 350 g/mol. The Bertz CT molecular complexity index is 677. The summed E-state index contributed by atoms with van der Waals surface area (Å²) >= 11 is 1.80. The predicted molar refractivity (Wildman–Crippen MR) is 97.8 cm³/mol. The summed E-state index contributed by atoms with van der Waals surface area (Å²) < 4.78 is 16.1. The van der Waals surface area contributed by atoms with E-state index < -0.39 is 0 Å². The highest BCUT2D eigenvalue weighted by Crippen LogP contribution is 2.37. The van der Waals surface area contributed by atoms with Gasteiger partial charge in [-0.3, -0.25) is 0 Å². The van der Waals surface area contributed by atoms with E-state index in [4.69, 9.17) is 14.0 Å². The van der Waals surface area contributed by atoms with Gasteiger partial charge in [0.05, 0.1) is 19.3 Å². The maximum atomic E-state index is 5.58. The van der Waals surface area contributed by atoms with E-state index in [1.807, 2.05) is 0 Å². The first kappa shape index (κ1) is 18.8. The van der Waals surface area contributed by atoms with Gasteiger partial charge in [0, 0.05) is 19.3 Å². The van der Waals surface area contributed by atoms with Crippen LogP contribution in [0, 0.1) is 0 Å². The second-order valence-electron chi connectivity index (χ2n) is 6.65. The summed E-state index contributed by atoms with van der Waals surface area (Å²) in [6, 6.07) is 4.21. The summed E-state index contributed by atoms with van der Waals surface area (Å²) in [7, 11) is 3.32. The molecule has 0 aliphatic rings. The number of ether oxygens (including phenoxy) is 2. The number of methoxy groups -OCH3 is 2. The molecular formula is C18H26N2O3S. The molecule has 0 amide bonds. The summed E-state index contributed by atoms with van der Waals surface area (Å²) in [4.78, 5) is 4.48. The lowest BCUT2D eigenvalue weighted by Crippen LogP contribution is -2.14. The molecule has 2 rings (SSSR count). The lowest BCUT2D eigenvalue weighted by molar-refractivity contribution is 0.199. The van der Waals surface area contributed by atoms with Crippen LogP contribution in [0.25, 0.3) is 11.5 Å². The first-order valence-corrected chi connectivity index (χ1v) is 9.32. The maximum Gasteiger partial charge on any atom is 0.261 e. The van der Waals surface area contributed by atoms with Crippen LogP contribution >= 0.6 is 11.8 Å². The molecule has 0 unspecified atom stereocenters. The number of rotatable bonds is 7. The van der Waals surface area contributed by atoms with Crippen LogP contribution in [0.5, 0.6) is 5.75 Å². The minimum Gasteiger partial charge on any atom is -0.496 e. The quantitative estimate of drug-likeness (QED) is 0.749. The first-order valence-electron chi connectivity index (χ1n) is 7.93. The van der Waals surface area contributed by atoms with Gasteiger partial charge >= 0.3 is 0 Å². The van der Waals surface area contributed by atoms with Gasteiger partial charge in [0.15, 0.2) is 5.82 Å². The van der Waals surface area contributed by atoms with Crippen LogP contribution in [-0.2, 0) is 22.3 Å². The van der Waals surface area contributed by atoms with Crippen LogP contribution in [0.4, 0.5) is 0 Å². The van der Waals surface area contributed by atoms with E-state index in [9.17, 15) is 0 Å². The fourth-order valence-corrected chi connectivity index (χ4v) is 3.14. The van der Waals surface area contributed by atoms with Crippen LogP contribution in [0.1, 0.15) is 37.7 Å². The van der Waals surface area contributed by atoms with Gasteiger partial charge in [0.1, 0.15) is 5.75 Å². The van der Waals surface area contributed by atoms with Gasteiger partial charge in [-0.05, 0) is 34.9 Å². The van der Waals surface area contributed by atoms with Crippen LogP contribution < -0.4 is 4.74 Å². The van der Waals surface area contributed by atoms with Crippen molar-refractivity contribution in [1.29, 1.82) is 0 Å². The van der Waals surface area contributed by atoms with E-state index in [1.165, 1.54) is 11.1 Å². The number of hydrogen-bond donors (Lipinski definition) is 0. The van der Waals surface area contributed by atoms with Crippen molar-refractivity contribution >= 4 is 11.8 Å². The standard InChI is InChI=1S/C18H26N2O3S/c1-18(2,3)14-10-13(15(22-5)9-12(14)11-24-6)17-19-16(20-23-17)7-8-21-4/h9-10H,7-8,11H2,1-6H3. The summed E-state index contributed by atoms with van der Waals surface area (Å²) in [6.45, 7) is 7.19. The Kier molecular flexibility index (Phi) is 6.29. The fraction of sp³-hybridized carbons (Fsp3) is 0.556. The molecule has 132 valence electrons. The summed E-state index contributed by atoms with van der Waals surface area (Å²) in [6.07, 6.45) is 2.73. The Balaban J connectivity index is 2.50. The van der Waals surface area contributed by atoms with Crippen molar-refractivity contribution in [3.63, 3.8) is 0 Å². The van der Waals surface area contributed by atoms with Crippen molar-refractivity contribution in [3.05, 3.63) is 29.1 Å². The molecule has 0 fully saturated rings. The highest BCUT2D eigenvalue weighted by molar-refractivity contribution is 7.97. The van der Waals surface area contributed by atoms with E-state index >= 15 is 0 Å². The van der Waals surface area contributed by atoms with Crippen molar-refractivity contribution < 1.29 is 14.0 Å². The van der Waals surface area contributed by atoms with Crippen LogP contribution in [0.2, 0.25) is 0 Å². The number of nitrogens with zero attached hydrogens (tertiary/aromatic N) is 2. The van der Waals surface area contributed by atoms with E-state index in [1.54, 1.807) is 26.0 Å². The summed E-state index contributed by atoms with van der Waals surface area (Å²) in [5.41, 5.74) is 3.40. The third-order valence-electron chi connectivity index (χ3n) is 3.76. The fourth-order valence-electron chi connectivity index (χ4n) is 2.59. The zero-order valence-corrected chi connectivity index (χ0v) is 16.1. The van der Waals surface area contributed by atoms with E-state index in [0.29, 0.717) is 24.7 Å². The Morgan fingerprint density at radius 2 is 1.96 bits per heavy atom. The van der Waals surface area contributed by atoms with Crippen molar-refractivity contribution in [2.24, 2.45) is 0 Å². The predicted octanol–water partition coefficient (Wildman–Crippen LogP) is 4.09. The minimum absolute atomic E-state index is 0.0188. The summed E-state index contributed by atoms with van der Waals surface area (Å²) in [5.74, 6) is 2.82. The molecule has 0 atom stereocenters. The zero-order chi connectivity index (χ0) is 17.7. The first-order chi connectivity index (χ1) is 11.4.